The summed E-state index contributed by atoms with van der Waals surface area (Å²) in [6.07, 6.45) is 2.82. The monoisotopic (exact) mass is 289 g/mol. The summed E-state index contributed by atoms with van der Waals surface area (Å²) in [5.74, 6) is 0.162. The molecule has 1 atom stereocenters. The Morgan fingerprint density at radius 2 is 1.90 bits per heavy atom. The number of carbonyl (C=O) groups excluding carboxylic acids is 1. The topological polar surface area (TPSA) is 58.8 Å². The number of rotatable bonds is 2. The standard InChI is InChI=1S/C16H23N3O2/c17-13-5-1-2-6-14(13)18-8-10-19(11-9-18)16(20)15-7-3-4-12-21-15/h1-2,5-6,15H,3-4,7-12,17H2. The third kappa shape index (κ3) is 3.13. The zero-order valence-corrected chi connectivity index (χ0v) is 12.3. The quantitative estimate of drug-likeness (QED) is 0.838. The molecule has 0 radical (unpaired) electrons. The third-order valence-corrected chi connectivity index (χ3v) is 4.32. The molecule has 5 nitrogen and oxygen atoms in total. The molecule has 0 bridgehead atoms. The van der Waals surface area contributed by atoms with Crippen molar-refractivity contribution in [3.63, 3.8) is 0 Å². The summed E-state index contributed by atoms with van der Waals surface area (Å²) in [4.78, 5) is 16.6. The minimum absolute atomic E-state index is 0.162. The van der Waals surface area contributed by atoms with Crippen LogP contribution < -0.4 is 10.6 Å². The SMILES string of the molecule is Nc1ccccc1N1CCN(C(=O)C2CCCCO2)CC1. The first kappa shape index (κ1) is 14.2. The smallest absolute Gasteiger partial charge is 0.251 e. The number of para-hydroxylation sites is 2. The van der Waals surface area contributed by atoms with Gasteiger partial charge in [0.05, 0.1) is 11.4 Å². The van der Waals surface area contributed by atoms with Gasteiger partial charge in [-0.2, -0.15) is 0 Å². The lowest BCUT2D eigenvalue weighted by Gasteiger charge is -2.38. The van der Waals surface area contributed by atoms with Gasteiger partial charge in [0, 0.05) is 32.8 Å². The normalized spacial score (nSPS) is 23.1. The molecular weight excluding hydrogens is 266 g/mol. The van der Waals surface area contributed by atoms with Gasteiger partial charge in [-0.1, -0.05) is 12.1 Å². The number of anilines is 2. The Hall–Kier alpha value is -1.75. The van der Waals surface area contributed by atoms with Crippen LogP contribution >= 0.6 is 0 Å². The van der Waals surface area contributed by atoms with E-state index in [1.165, 1.54) is 0 Å². The Bertz CT molecular complexity index is 492. The predicted molar refractivity (Wildman–Crippen MR) is 83.2 cm³/mol. The average molecular weight is 289 g/mol. The van der Waals surface area contributed by atoms with Gasteiger partial charge in [-0.3, -0.25) is 4.79 Å². The van der Waals surface area contributed by atoms with E-state index in [9.17, 15) is 4.79 Å². The summed E-state index contributed by atoms with van der Waals surface area (Å²) in [5, 5.41) is 0. The highest BCUT2D eigenvalue weighted by atomic mass is 16.5. The first-order chi connectivity index (χ1) is 10.3. The molecule has 1 aromatic rings. The van der Waals surface area contributed by atoms with Crippen molar-refractivity contribution in [3.8, 4) is 0 Å². The molecule has 5 heteroatoms. The van der Waals surface area contributed by atoms with Crippen molar-refractivity contribution >= 4 is 17.3 Å². The van der Waals surface area contributed by atoms with Crippen LogP contribution in [0.1, 0.15) is 19.3 Å². The number of carbonyl (C=O) groups is 1. The van der Waals surface area contributed by atoms with Gasteiger partial charge in [-0.25, -0.2) is 0 Å². The van der Waals surface area contributed by atoms with Crippen LogP contribution in [0, 0.1) is 0 Å². The van der Waals surface area contributed by atoms with Gasteiger partial charge >= 0.3 is 0 Å². The van der Waals surface area contributed by atoms with Crippen LogP contribution in [0.5, 0.6) is 0 Å². The van der Waals surface area contributed by atoms with Crippen molar-refractivity contribution in [1.29, 1.82) is 0 Å². The highest BCUT2D eigenvalue weighted by Crippen LogP contribution is 2.24. The van der Waals surface area contributed by atoms with Crippen molar-refractivity contribution in [2.75, 3.05) is 43.4 Å². The molecule has 2 aliphatic heterocycles. The maximum atomic E-state index is 12.4. The fourth-order valence-corrected chi connectivity index (χ4v) is 3.08. The number of benzene rings is 1. The van der Waals surface area contributed by atoms with Gasteiger partial charge in [0.25, 0.3) is 5.91 Å². The zero-order valence-electron chi connectivity index (χ0n) is 12.3. The average Bonchev–Trinajstić information content (AvgIpc) is 2.56. The van der Waals surface area contributed by atoms with E-state index in [0.717, 1.165) is 63.4 Å². The van der Waals surface area contributed by atoms with E-state index in [1.54, 1.807) is 0 Å². The van der Waals surface area contributed by atoms with E-state index < -0.39 is 0 Å². The largest absolute Gasteiger partial charge is 0.397 e. The summed E-state index contributed by atoms with van der Waals surface area (Å²) in [7, 11) is 0. The molecule has 21 heavy (non-hydrogen) atoms. The van der Waals surface area contributed by atoms with Gasteiger partial charge in [0.1, 0.15) is 6.10 Å². The molecule has 3 rings (SSSR count). The number of nitrogens with two attached hydrogens (primary N) is 1. The molecule has 0 spiro atoms. The van der Waals surface area contributed by atoms with Crippen LogP contribution in [0.15, 0.2) is 24.3 Å². The summed E-state index contributed by atoms with van der Waals surface area (Å²) in [6, 6.07) is 7.90. The number of hydrogen-bond acceptors (Lipinski definition) is 4. The van der Waals surface area contributed by atoms with Crippen molar-refractivity contribution in [3.05, 3.63) is 24.3 Å². The van der Waals surface area contributed by atoms with E-state index in [0.29, 0.717) is 0 Å². The van der Waals surface area contributed by atoms with Crippen LogP contribution in [0.4, 0.5) is 11.4 Å². The lowest BCUT2D eigenvalue weighted by atomic mass is 10.1. The fraction of sp³-hybridized carbons (Fsp3) is 0.562. The van der Waals surface area contributed by atoms with E-state index in [2.05, 4.69) is 4.90 Å². The Kier molecular flexibility index (Phi) is 4.29. The first-order valence-corrected chi connectivity index (χ1v) is 7.75. The number of ether oxygens (including phenoxy) is 1. The molecular formula is C16H23N3O2. The second-order valence-electron chi connectivity index (χ2n) is 5.73. The van der Waals surface area contributed by atoms with Crippen LogP contribution in [-0.2, 0) is 9.53 Å². The molecule has 2 aliphatic rings. The Labute approximate surface area is 125 Å². The fourth-order valence-electron chi connectivity index (χ4n) is 3.08. The molecule has 0 aliphatic carbocycles. The van der Waals surface area contributed by atoms with Crippen molar-refractivity contribution < 1.29 is 9.53 Å². The van der Waals surface area contributed by atoms with Crippen LogP contribution in [-0.4, -0.2) is 49.7 Å². The maximum Gasteiger partial charge on any atom is 0.251 e. The minimum atomic E-state index is -0.216. The number of nitrogens with zero attached hydrogens (tertiary/aromatic N) is 2. The van der Waals surface area contributed by atoms with Gasteiger partial charge in [-0.15, -0.1) is 0 Å². The molecule has 1 amide bonds. The maximum absolute atomic E-state index is 12.4. The van der Waals surface area contributed by atoms with Gasteiger partial charge in [-0.05, 0) is 31.4 Å². The Morgan fingerprint density at radius 3 is 2.57 bits per heavy atom. The van der Waals surface area contributed by atoms with E-state index >= 15 is 0 Å². The van der Waals surface area contributed by atoms with Gasteiger partial charge < -0.3 is 20.3 Å². The van der Waals surface area contributed by atoms with E-state index in [1.807, 2.05) is 29.2 Å². The number of nitrogen functional groups attached to an aromatic ring is 1. The van der Waals surface area contributed by atoms with Crippen LogP contribution in [0.3, 0.4) is 0 Å². The first-order valence-electron chi connectivity index (χ1n) is 7.75. The Balaban J connectivity index is 1.57. The summed E-state index contributed by atoms with van der Waals surface area (Å²) >= 11 is 0. The van der Waals surface area contributed by atoms with E-state index in [-0.39, 0.29) is 12.0 Å². The predicted octanol–water partition coefficient (Wildman–Crippen LogP) is 1.49. The molecule has 2 N–H and O–H groups in total. The number of hydrogen-bond donors (Lipinski definition) is 1. The zero-order chi connectivity index (χ0) is 14.7. The van der Waals surface area contributed by atoms with E-state index in [4.69, 9.17) is 10.5 Å². The number of piperazine rings is 1. The van der Waals surface area contributed by atoms with Crippen molar-refractivity contribution in [1.82, 2.24) is 4.90 Å². The lowest BCUT2D eigenvalue weighted by molar-refractivity contribution is -0.146. The summed E-state index contributed by atoms with van der Waals surface area (Å²) < 4.78 is 5.60. The van der Waals surface area contributed by atoms with Crippen LogP contribution in [0.2, 0.25) is 0 Å². The Morgan fingerprint density at radius 1 is 1.14 bits per heavy atom. The summed E-state index contributed by atoms with van der Waals surface area (Å²) in [6.45, 7) is 3.86. The molecule has 0 aromatic heterocycles. The highest BCUT2D eigenvalue weighted by molar-refractivity contribution is 5.81. The lowest BCUT2D eigenvalue weighted by Crippen LogP contribution is -2.52. The number of amides is 1. The highest BCUT2D eigenvalue weighted by Gasteiger charge is 2.29. The second kappa shape index (κ2) is 6.35. The molecule has 2 fully saturated rings. The molecule has 2 heterocycles. The van der Waals surface area contributed by atoms with Crippen LogP contribution in [0.25, 0.3) is 0 Å². The van der Waals surface area contributed by atoms with Crippen molar-refractivity contribution in [2.24, 2.45) is 0 Å². The molecule has 1 unspecified atom stereocenters. The molecule has 114 valence electrons. The minimum Gasteiger partial charge on any atom is -0.397 e. The van der Waals surface area contributed by atoms with Crippen molar-refractivity contribution in [2.45, 2.75) is 25.4 Å². The van der Waals surface area contributed by atoms with Gasteiger partial charge in [0.2, 0.25) is 0 Å². The second-order valence-corrected chi connectivity index (χ2v) is 5.73. The molecule has 2 saturated heterocycles. The molecule has 0 saturated carbocycles. The summed E-state index contributed by atoms with van der Waals surface area (Å²) in [5.41, 5.74) is 7.89. The molecule has 1 aromatic carbocycles. The third-order valence-electron chi connectivity index (χ3n) is 4.32. The van der Waals surface area contributed by atoms with Gasteiger partial charge in [0.15, 0.2) is 0 Å².